The van der Waals surface area contributed by atoms with Crippen LogP contribution in [-0.4, -0.2) is 45.5 Å². The smallest absolute Gasteiger partial charge is 0.291 e. The Labute approximate surface area is 160 Å². The Morgan fingerprint density at radius 1 is 1.38 bits per heavy atom. The highest BCUT2D eigenvalue weighted by molar-refractivity contribution is 9.10. The summed E-state index contributed by atoms with van der Waals surface area (Å²) in [6.45, 7) is 1.53. The maximum absolute atomic E-state index is 12.2. The second-order valence-corrected chi connectivity index (χ2v) is 7.31. The quantitative estimate of drug-likeness (QED) is 0.474. The molecule has 0 aromatic carbocycles. The molecule has 0 aliphatic carbocycles. The lowest BCUT2D eigenvalue weighted by Gasteiger charge is -2.14. The van der Waals surface area contributed by atoms with Crippen LogP contribution in [0.4, 0.5) is 11.5 Å². The molecule has 0 radical (unpaired) electrons. The van der Waals surface area contributed by atoms with E-state index in [2.05, 4.69) is 31.2 Å². The molecule has 0 atom stereocenters. The van der Waals surface area contributed by atoms with Gasteiger partial charge in [-0.3, -0.25) is 19.4 Å². The zero-order valence-corrected chi connectivity index (χ0v) is 16.0. The Balaban J connectivity index is 1.67. The zero-order chi connectivity index (χ0) is 18.7. The van der Waals surface area contributed by atoms with Crippen LogP contribution in [-0.2, 0) is 4.79 Å². The number of nitrogen functional groups attached to an aromatic ring is 1. The summed E-state index contributed by atoms with van der Waals surface area (Å²) in [7, 11) is 0. The number of halogens is 1. The lowest BCUT2D eigenvalue weighted by molar-refractivity contribution is -0.127. The van der Waals surface area contributed by atoms with Gasteiger partial charge in [0.1, 0.15) is 0 Å². The second-order valence-electron chi connectivity index (χ2n) is 5.57. The van der Waals surface area contributed by atoms with Crippen LogP contribution >= 0.6 is 27.7 Å². The van der Waals surface area contributed by atoms with Crippen LogP contribution < -0.4 is 16.6 Å². The summed E-state index contributed by atoms with van der Waals surface area (Å²) in [5, 5.41) is 2.60. The maximum atomic E-state index is 12.2. The Hall–Kier alpha value is -2.27. The topological polar surface area (TPSA) is 134 Å². The van der Waals surface area contributed by atoms with E-state index in [4.69, 9.17) is 10.2 Å². The maximum Gasteiger partial charge on any atom is 0.291 e. The monoisotopic (exact) mass is 441 g/mol. The van der Waals surface area contributed by atoms with Crippen LogP contribution in [0, 0.1) is 0 Å². The highest BCUT2D eigenvalue weighted by Crippen LogP contribution is 2.20. The fraction of sp³-hybridized carbons (Fsp3) is 0.333. The molecule has 0 spiro atoms. The van der Waals surface area contributed by atoms with Gasteiger partial charge in [-0.05, 0) is 40.9 Å². The molecule has 3 heterocycles. The van der Waals surface area contributed by atoms with Gasteiger partial charge >= 0.3 is 0 Å². The van der Waals surface area contributed by atoms with Crippen LogP contribution in [0.2, 0.25) is 0 Å². The number of furan rings is 1. The Kier molecular flexibility index (Phi) is 5.67. The van der Waals surface area contributed by atoms with Gasteiger partial charge in [-0.25, -0.2) is 4.98 Å². The molecule has 26 heavy (non-hydrogen) atoms. The van der Waals surface area contributed by atoms with Crippen molar-refractivity contribution in [2.75, 3.05) is 29.9 Å². The molecule has 4 N–H and O–H groups in total. The molecule has 2 aromatic rings. The van der Waals surface area contributed by atoms with E-state index in [9.17, 15) is 14.4 Å². The predicted molar refractivity (Wildman–Crippen MR) is 100 cm³/mol. The van der Waals surface area contributed by atoms with Crippen molar-refractivity contribution >= 4 is 51.0 Å². The number of anilines is 2. The minimum absolute atomic E-state index is 0.00510. The molecular formula is C15H16BrN5O4S. The van der Waals surface area contributed by atoms with E-state index in [1.165, 1.54) is 6.07 Å². The molecule has 9 nitrogen and oxygen atoms in total. The molecule has 11 heteroatoms. The van der Waals surface area contributed by atoms with Crippen molar-refractivity contribution in [2.24, 2.45) is 0 Å². The number of aromatic amines is 1. The number of nitrogens with zero attached hydrogens (tertiary/aromatic N) is 2. The van der Waals surface area contributed by atoms with Gasteiger partial charge in [0.2, 0.25) is 5.91 Å². The highest BCUT2D eigenvalue weighted by atomic mass is 79.9. The van der Waals surface area contributed by atoms with Crippen molar-refractivity contribution in [3.63, 3.8) is 0 Å². The van der Waals surface area contributed by atoms with Crippen LogP contribution in [0.15, 0.2) is 31.2 Å². The van der Waals surface area contributed by atoms with E-state index < -0.39 is 11.5 Å². The molecule has 1 saturated heterocycles. The first kappa shape index (κ1) is 18.5. The molecule has 1 fully saturated rings. The summed E-state index contributed by atoms with van der Waals surface area (Å²) in [5.41, 5.74) is 5.02. The van der Waals surface area contributed by atoms with Gasteiger partial charge in [0, 0.05) is 13.1 Å². The lowest BCUT2D eigenvalue weighted by atomic mass is 10.4. The highest BCUT2D eigenvalue weighted by Gasteiger charge is 2.20. The normalized spacial score (nSPS) is 13.8. The van der Waals surface area contributed by atoms with Crippen molar-refractivity contribution in [2.45, 2.75) is 18.0 Å². The molecule has 3 rings (SSSR count). The largest absolute Gasteiger partial charge is 0.444 e. The molecule has 1 aliphatic heterocycles. The number of thioether (sulfide) groups is 1. The van der Waals surface area contributed by atoms with E-state index in [1.807, 2.05) is 0 Å². The molecule has 0 unspecified atom stereocenters. The van der Waals surface area contributed by atoms with Gasteiger partial charge < -0.3 is 20.4 Å². The minimum Gasteiger partial charge on any atom is -0.444 e. The number of carbonyl (C=O) groups is 2. The first-order valence-electron chi connectivity index (χ1n) is 7.81. The number of nitrogens with two attached hydrogens (primary N) is 1. The molecule has 2 aromatic heterocycles. The second kappa shape index (κ2) is 7.96. The number of rotatable bonds is 5. The van der Waals surface area contributed by atoms with Crippen LogP contribution in [0.25, 0.3) is 0 Å². The summed E-state index contributed by atoms with van der Waals surface area (Å²) < 4.78 is 5.51. The fourth-order valence-electron chi connectivity index (χ4n) is 2.46. The third-order valence-electron chi connectivity index (χ3n) is 3.75. The SMILES string of the molecule is Nc1nc(SCC(=O)N2CCCC2)[nH]c(=O)c1NC(=O)c1ccc(Br)o1. The van der Waals surface area contributed by atoms with Gasteiger partial charge in [-0.1, -0.05) is 11.8 Å². The molecule has 0 saturated carbocycles. The zero-order valence-electron chi connectivity index (χ0n) is 13.6. The van der Waals surface area contributed by atoms with Crippen molar-refractivity contribution in [3.05, 3.63) is 32.9 Å². The molecule has 1 aliphatic rings. The first-order chi connectivity index (χ1) is 12.4. The Morgan fingerprint density at radius 2 is 2.12 bits per heavy atom. The molecular weight excluding hydrogens is 426 g/mol. The predicted octanol–water partition coefficient (Wildman–Crippen LogP) is 1.67. The number of nitrogens with one attached hydrogen (secondary N) is 2. The van der Waals surface area contributed by atoms with Gasteiger partial charge in [-0.2, -0.15) is 0 Å². The van der Waals surface area contributed by atoms with E-state index in [0.717, 1.165) is 37.7 Å². The number of aromatic nitrogens is 2. The number of H-pyrrole nitrogens is 1. The van der Waals surface area contributed by atoms with E-state index in [1.54, 1.807) is 11.0 Å². The molecule has 2 amide bonds. The van der Waals surface area contributed by atoms with Crippen LogP contribution in [0.1, 0.15) is 23.4 Å². The summed E-state index contributed by atoms with van der Waals surface area (Å²) in [4.78, 5) is 44.6. The summed E-state index contributed by atoms with van der Waals surface area (Å²) in [5.74, 6) is -0.586. The number of amides is 2. The van der Waals surface area contributed by atoms with Gasteiger partial charge in [0.25, 0.3) is 11.5 Å². The number of hydrogen-bond acceptors (Lipinski definition) is 7. The van der Waals surface area contributed by atoms with Gasteiger partial charge in [0.15, 0.2) is 27.1 Å². The average molecular weight is 442 g/mol. The fourth-order valence-corrected chi connectivity index (χ4v) is 3.53. The van der Waals surface area contributed by atoms with Gasteiger partial charge in [0.05, 0.1) is 5.75 Å². The van der Waals surface area contributed by atoms with Crippen LogP contribution in [0.3, 0.4) is 0 Å². The van der Waals surface area contributed by atoms with E-state index in [0.29, 0.717) is 4.67 Å². The van der Waals surface area contributed by atoms with E-state index >= 15 is 0 Å². The minimum atomic E-state index is -0.626. The van der Waals surface area contributed by atoms with E-state index in [-0.39, 0.29) is 34.1 Å². The molecule has 0 bridgehead atoms. The average Bonchev–Trinajstić information content (AvgIpc) is 3.27. The van der Waals surface area contributed by atoms with Gasteiger partial charge in [-0.15, -0.1) is 0 Å². The van der Waals surface area contributed by atoms with Crippen LogP contribution in [0.5, 0.6) is 0 Å². The Morgan fingerprint density at radius 3 is 2.73 bits per heavy atom. The lowest BCUT2D eigenvalue weighted by Crippen LogP contribution is -2.29. The standard InChI is InChI=1S/C15H16BrN5O4S/c16-9-4-3-8(25-9)13(23)18-11-12(17)19-15(20-14(11)24)26-7-10(22)21-5-1-2-6-21/h3-4H,1-2,5-7H2,(H,18,23)(H3,17,19,20,24). The van der Waals surface area contributed by atoms with Crippen molar-refractivity contribution < 1.29 is 14.0 Å². The summed E-state index contributed by atoms with van der Waals surface area (Å²) in [6, 6.07) is 3.00. The molecule has 138 valence electrons. The number of carbonyl (C=O) groups excluding carboxylic acids is 2. The number of hydrogen-bond donors (Lipinski definition) is 3. The Bertz CT molecular complexity index is 890. The van der Waals surface area contributed by atoms with Crippen molar-refractivity contribution in [1.29, 1.82) is 0 Å². The number of likely N-dealkylation sites (tertiary alicyclic amines) is 1. The summed E-state index contributed by atoms with van der Waals surface area (Å²) >= 11 is 4.19. The third-order valence-corrected chi connectivity index (χ3v) is 5.04. The third kappa shape index (κ3) is 4.28. The first-order valence-corrected chi connectivity index (χ1v) is 9.59. The summed E-state index contributed by atoms with van der Waals surface area (Å²) in [6.07, 6.45) is 2.03. The van der Waals surface area contributed by atoms with Crippen molar-refractivity contribution in [3.8, 4) is 0 Å². The van der Waals surface area contributed by atoms with Crippen molar-refractivity contribution in [1.82, 2.24) is 14.9 Å².